The molecule has 3 rings (SSSR count). The lowest BCUT2D eigenvalue weighted by molar-refractivity contribution is 0.0949. The number of amides is 1. The van der Waals surface area contributed by atoms with Crippen molar-refractivity contribution in [1.29, 1.82) is 0 Å². The summed E-state index contributed by atoms with van der Waals surface area (Å²) in [4.78, 5) is 23.2. The summed E-state index contributed by atoms with van der Waals surface area (Å²) in [6.45, 7) is 5.17. The SMILES string of the molecule is CCN(c1cccc(C)c1)c1nccc(C(=O)NCCc2ccc(F)cc2)n1. The van der Waals surface area contributed by atoms with Crippen LogP contribution in [-0.4, -0.2) is 29.0 Å². The maximum Gasteiger partial charge on any atom is 0.270 e. The minimum Gasteiger partial charge on any atom is -0.350 e. The molecular weight excluding hydrogens is 355 g/mol. The number of anilines is 2. The van der Waals surface area contributed by atoms with Gasteiger partial charge >= 0.3 is 0 Å². The molecule has 1 amide bonds. The molecule has 0 saturated carbocycles. The van der Waals surface area contributed by atoms with E-state index in [1.165, 1.54) is 12.1 Å². The van der Waals surface area contributed by atoms with Gasteiger partial charge in [-0.2, -0.15) is 0 Å². The van der Waals surface area contributed by atoms with Crippen LogP contribution in [0.1, 0.15) is 28.5 Å². The number of hydrogen-bond acceptors (Lipinski definition) is 4. The normalized spacial score (nSPS) is 10.5. The van der Waals surface area contributed by atoms with Crippen molar-refractivity contribution in [1.82, 2.24) is 15.3 Å². The zero-order valence-electron chi connectivity index (χ0n) is 16.0. The molecule has 0 bridgehead atoms. The van der Waals surface area contributed by atoms with Gasteiger partial charge in [0.05, 0.1) is 0 Å². The van der Waals surface area contributed by atoms with Crippen molar-refractivity contribution in [3.8, 4) is 0 Å². The minimum atomic E-state index is -0.268. The molecule has 0 aliphatic carbocycles. The second kappa shape index (κ2) is 9.08. The quantitative estimate of drug-likeness (QED) is 0.674. The molecule has 144 valence electrons. The first-order chi connectivity index (χ1) is 13.6. The Morgan fingerprint density at radius 2 is 1.93 bits per heavy atom. The Bertz CT molecular complexity index is 943. The number of carbonyl (C=O) groups is 1. The molecule has 1 aromatic heterocycles. The highest BCUT2D eigenvalue weighted by Gasteiger charge is 2.14. The average molecular weight is 378 g/mol. The largest absolute Gasteiger partial charge is 0.350 e. The Morgan fingerprint density at radius 1 is 1.14 bits per heavy atom. The Labute approximate surface area is 164 Å². The molecule has 0 fully saturated rings. The molecule has 0 aliphatic rings. The number of aromatic nitrogens is 2. The maximum atomic E-state index is 12.9. The first-order valence-corrected chi connectivity index (χ1v) is 9.26. The van der Waals surface area contributed by atoms with E-state index in [1.807, 2.05) is 36.9 Å². The van der Waals surface area contributed by atoms with Crippen molar-refractivity contribution in [3.05, 3.63) is 83.4 Å². The summed E-state index contributed by atoms with van der Waals surface area (Å²) in [5.41, 5.74) is 3.40. The van der Waals surface area contributed by atoms with Crippen molar-refractivity contribution in [2.75, 3.05) is 18.0 Å². The lowest BCUT2D eigenvalue weighted by Gasteiger charge is -2.21. The van der Waals surface area contributed by atoms with Gasteiger partial charge in [-0.25, -0.2) is 14.4 Å². The summed E-state index contributed by atoms with van der Waals surface area (Å²) in [6.07, 6.45) is 2.21. The molecule has 6 heteroatoms. The number of rotatable bonds is 7. The molecule has 0 unspecified atom stereocenters. The van der Waals surface area contributed by atoms with Crippen LogP contribution in [0.15, 0.2) is 60.8 Å². The summed E-state index contributed by atoms with van der Waals surface area (Å²) < 4.78 is 12.9. The predicted octanol–water partition coefficient (Wildman–Crippen LogP) is 4.05. The van der Waals surface area contributed by atoms with Gasteiger partial charge in [0.25, 0.3) is 5.91 Å². The second-order valence-corrected chi connectivity index (χ2v) is 6.46. The smallest absolute Gasteiger partial charge is 0.270 e. The maximum absolute atomic E-state index is 12.9. The van der Waals surface area contributed by atoms with Gasteiger partial charge in [-0.3, -0.25) is 4.79 Å². The summed E-state index contributed by atoms with van der Waals surface area (Å²) in [5.74, 6) is -0.0410. The Morgan fingerprint density at radius 3 is 2.64 bits per heavy atom. The molecule has 1 N–H and O–H groups in total. The van der Waals surface area contributed by atoms with E-state index in [1.54, 1.807) is 24.4 Å². The second-order valence-electron chi connectivity index (χ2n) is 6.46. The van der Waals surface area contributed by atoms with Crippen LogP contribution in [0.5, 0.6) is 0 Å². The third kappa shape index (κ3) is 4.91. The van der Waals surface area contributed by atoms with Gasteiger partial charge in [-0.05, 0) is 61.7 Å². The van der Waals surface area contributed by atoms with Crippen molar-refractivity contribution in [2.45, 2.75) is 20.3 Å². The molecule has 2 aromatic carbocycles. The Balaban J connectivity index is 1.67. The number of nitrogens with zero attached hydrogens (tertiary/aromatic N) is 3. The van der Waals surface area contributed by atoms with E-state index in [0.29, 0.717) is 31.2 Å². The number of hydrogen-bond donors (Lipinski definition) is 1. The van der Waals surface area contributed by atoms with Crippen molar-refractivity contribution in [2.24, 2.45) is 0 Å². The lowest BCUT2D eigenvalue weighted by atomic mass is 10.1. The molecule has 0 aliphatic heterocycles. The third-order valence-electron chi connectivity index (χ3n) is 4.36. The average Bonchev–Trinajstić information content (AvgIpc) is 2.70. The van der Waals surface area contributed by atoms with E-state index >= 15 is 0 Å². The molecule has 0 radical (unpaired) electrons. The van der Waals surface area contributed by atoms with E-state index in [2.05, 4.69) is 21.4 Å². The number of carbonyl (C=O) groups excluding carboxylic acids is 1. The number of aryl methyl sites for hydroxylation is 1. The Hall–Kier alpha value is -3.28. The molecule has 0 spiro atoms. The van der Waals surface area contributed by atoms with Crippen LogP contribution in [0.3, 0.4) is 0 Å². The minimum absolute atomic E-state index is 0.258. The van der Waals surface area contributed by atoms with Crippen molar-refractivity contribution in [3.63, 3.8) is 0 Å². The first kappa shape index (κ1) is 19.5. The Kier molecular flexibility index (Phi) is 6.32. The van der Waals surface area contributed by atoms with Gasteiger partial charge in [-0.1, -0.05) is 24.3 Å². The fourth-order valence-corrected chi connectivity index (χ4v) is 2.90. The fraction of sp³-hybridized carbons (Fsp3) is 0.227. The summed E-state index contributed by atoms with van der Waals surface area (Å²) in [6, 6.07) is 15.9. The molecule has 0 saturated heterocycles. The van der Waals surface area contributed by atoms with Gasteiger partial charge in [-0.15, -0.1) is 0 Å². The molecule has 0 atom stereocenters. The summed E-state index contributed by atoms with van der Waals surface area (Å²) in [5, 5.41) is 2.85. The van der Waals surface area contributed by atoms with Crippen LogP contribution < -0.4 is 10.2 Å². The number of nitrogens with one attached hydrogen (secondary N) is 1. The highest BCUT2D eigenvalue weighted by Crippen LogP contribution is 2.22. The molecule has 1 heterocycles. The molecule has 5 nitrogen and oxygen atoms in total. The van der Waals surface area contributed by atoms with E-state index in [-0.39, 0.29) is 11.7 Å². The van der Waals surface area contributed by atoms with Gasteiger partial charge in [0.15, 0.2) is 0 Å². The van der Waals surface area contributed by atoms with Gasteiger partial charge in [0.1, 0.15) is 11.5 Å². The number of halogens is 1. The van der Waals surface area contributed by atoms with Gasteiger partial charge < -0.3 is 10.2 Å². The predicted molar refractivity (Wildman–Crippen MR) is 108 cm³/mol. The highest BCUT2D eigenvalue weighted by molar-refractivity contribution is 5.92. The van der Waals surface area contributed by atoms with Crippen LogP contribution in [0.4, 0.5) is 16.0 Å². The topological polar surface area (TPSA) is 58.1 Å². The zero-order chi connectivity index (χ0) is 19.9. The highest BCUT2D eigenvalue weighted by atomic mass is 19.1. The monoisotopic (exact) mass is 378 g/mol. The lowest BCUT2D eigenvalue weighted by Crippen LogP contribution is -2.27. The van der Waals surface area contributed by atoms with Gasteiger partial charge in [0.2, 0.25) is 5.95 Å². The summed E-state index contributed by atoms with van der Waals surface area (Å²) in [7, 11) is 0. The van der Waals surface area contributed by atoms with Crippen LogP contribution in [0.2, 0.25) is 0 Å². The van der Waals surface area contributed by atoms with Crippen LogP contribution in [0.25, 0.3) is 0 Å². The first-order valence-electron chi connectivity index (χ1n) is 9.26. The number of benzene rings is 2. The fourth-order valence-electron chi connectivity index (χ4n) is 2.90. The molecular formula is C22H23FN4O. The van der Waals surface area contributed by atoms with Crippen LogP contribution in [0, 0.1) is 12.7 Å². The zero-order valence-corrected chi connectivity index (χ0v) is 16.0. The molecule has 3 aromatic rings. The van der Waals surface area contributed by atoms with E-state index in [4.69, 9.17) is 0 Å². The summed E-state index contributed by atoms with van der Waals surface area (Å²) >= 11 is 0. The van der Waals surface area contributed by atoms with Crippen molar-refractivity contribution >= 4 is 17.5 Å². The third-order valence-corrected chi connectivity index (χ3v) is 4.36. The van der Waals surface area contributed by atoms with Crippen LogP contribution in [-0.2, 0) is 6.42 Å². The standard InChI is InChI=1S/C22H23FN4O/c1-3-27(19-6-4-5-16(2)15-19)22-25-14-12-20(26-22)21(28)24-13-11-17-7-9-18(23)10-8-17/h4-10,12,14-15H,3,11,13H2,1-2H3,(H,24,28). The van der Waals surface area contributed by atoms with E-state index < -0.39 is 0 Å². The van der Waals surface area contributed by atoms with E-state index in [0.717, 1.165) is 16.8 Å². The van der Waals surface area contributed by atoms with Crippen LogP contribution >= 0.6 is 0 Å². The van der Waals surface area contributed by atoms with Gasteiger partial charge in [0, 0.05) is 25.0 Å². The molecule has 28 heavy (non-hydrogen) atoms. The van der Waals surface area contributed by atoms with E-state index in [9.17, 15) is 9.18 Å². The van der Waals surface area contributed by atoms with Crippen molar-refractivity contribution < 1.29 is 9.18 Å².